The lowest BCUT2D eigenvalue weighted by Gasteiger charge is -2.16. The van der Waals surface area contributed by atoms with E-state index in [1.165, 1.54) is 19.1 Å². The van der Waals surface area contributed by atoms with Crippen molar-refractivity contribution in [1.29, 1.82) is 0 Å². The highest BCUT2D eigenvalue weighted by atomic mass is 19.1. The molecule has 0 saturated carbocycles. The second-order valence-electron chi connectivity index (χ2n) is 4.82. The van der Waals surface area contributed by atoms with Crippen LogP contribution in [-0.2, 0) is 11.3 Å². The number of hydrogen-bond donors (Lipinski definition) is 2. The molecule has 21 heavy (non-hydrogen) atoms. The zero-order valence-corrected chi connectivity index (χ0v) is 12.6. The molecule has 1 amide bonds. The van der Waals surface area contributed by atoms with Crippen LogP contribution in [0, 0.1) is 11.6 Å². The molecule has 0 saturated heterocycles. The third-order valence-electron chi connectivity index (χ3n) is 2.93. The van der Waals surface area contributed by atoms with Crippen molar-refractivity contribution in [2.24, 2.45) is 0 Å². The van der Waals surface area contributed by atoms with Gasteiger partial charge in [0.1, 0.15) is 0 Å². The van der Waals surface area contributed by atoms with Crippen molar-refractivity contribution in [2.45, 2.75) is 39.3 Å². The van der Waals surface area contributed by atoms with Gasteiger partial charge in [-0.25, -0.2) is 8.78 Å². The van der Waals surface area contributed by atoms with Crippen molar-refractivity contribution in [3.8, 4) is 5.75 Å². The van der Waals surface area contributed by atoms with Crippen molar-refractivity contribution >= 4 is 5.91 Å². The van der Waals surface area contributed by atoms with Crippen LogP contribution < -0.4 is 15.4 Å². The summed E-state index contributed by atoms with van der Waals surface area (Å²) in [6.45, 7) is 4.33. The molecule has 0 aliphatic heterocycles. The summed E-state index contributed by atoms with van der Waals surface area (Å²) in [5, 5.41) is 5.46. The summed E-state index contributed by atoms with van der Waals surface area (Å²) in [4.78, 5) is 11.7. The van der Waals surface area contributed by atoms with Gasteiger partial charge >= 0.3 is 0 Å². The molecule has 1 atom stereocenters. The minimum absolute atomic E-state index is 0.348. The molecule has 4 nitrogen and oxygen atoms in total. The van der Waals surface area contributed by atoms with Crippen LogP contribution in [0.4, 0.5) is 8.78 Å². The minimum atomic E-state index is -0.957. The van der Waals surface area contributed by atoms with Gasteiger partial charge in [-0.1, -0.05) is 13.3 Å². The predicted molar refractivity (Wildman–Crippen MR) is 77.1 cm³/mol. The number of amides is 1. The molecule has 2 N–H and O–H groups in total. The van der Waals surface area contributed by atoms with E-state index in [1.807, 2.05) is 6.92 Å². The second kappa shape index (κ2) is 8.56. The average molecular weight is 300 g/mol. The molecule has 0 spiro atoms. The Kier molecular flexibility index (Phi) is 7.08. The lowest BCUT2D eigenvalue weighted by molar-refractivity contribution is -0.127. The van der Waals surface area contributed by atoms with E-state index >= 15 is 0 Å². The summed E-state index contributed by atoms with van der Waals surface area (Å²) in [5.74, 6) is -2.53. The van der Waals surface area contributed by atoms with E-state index in [0.717, 1.165) is 12.8 Å². The Hall–Kier alpha value is -1.69. The van der Waals surface area contributed by atoms with Crippen molar-refractivity contribution in [3.05, 3.63) is 29.3 Å². The summed E-state index contributed by atoms with van der Waals surface area (Å²) < 4.78 is 32.8. The van der Waals surface area contributed by atoms with E-state index in [9.17, 15) is 13.6 Å². The van der Waals surface area contributed by atoms with Crippen LogP contribution in [0.1, 0.15) is 32.3 Å². The number of benzene rings is 1. The van der Waals surface area contributed by atoms with Crippen molar-refractivity contribution in [1.82, 2.24) is 10.6 Å². The Bertz CT molecular complexity index is 458. The maximum absolute atomic E-state index is 13.8. The molecule has 1 aromatic rings. The Morgan fingerprint density at radius 1 is 1.33 bits per heavy atom. The first kappa shape index (κ1) is 17.4. The first-order valence-electron chi connectivity index (χ1n) is 7.06. The van der Waals surface area contributed by atoms with Gasteiger partial charge in [-0.05, 0) is 38.1 Å². The van der Waals surface area contributed by atoms with Crippen LogP contribution in [0.25, 0.3) is 0 Å². The van der Waals surface area contributed by atoms with E-state index in [1.54, 1.807) is 7.05 Å². The fraction of sp³-hybridized carbons (Fsp3) is 0.533. The molecule has 0 radical (unpaired) electrons. The van der Waals surface area contributed by atoms with E-state index in [-0.39, 0.29) is 5.91 Å². The highest BCUT2D eigenvalue weighted by Gasteiger charge is 2.19. The van der Waals surface area contributed by atoms with Gasteiger partial charge in [-0.3, -0.25) is 4.79 Å². The molecule has 0 bridgehead atoms. The Morgan fingerprint density at radius 2 is 1.95 bits per heavy atom. The molecule has 1 unspecified atom stereocenters. The van der Waals surface area contributed by atoms with Gasteiger partial charge in [0.25, 0.3) is 5.91 Å². The average Bonchev–Trinajstić information content (AvgIpc) is 2.43. The number of rotatable bonds is 8. The third-order valence-corrected chi connectivity index (χ3v) is 2.93. The fourth-order valence-electron chi connectivity index (χ4n) is 1.79. The summed E-state index contributed by atoms with van der Waals surface area (Å²) in [5.41, 5.74) is 0.472. The number of ether oxygens (including phenoxy) is 1. The molecule has 1 aromatic carbocycles. The van der Waals surface area contributed by atoms with Crippen LogP contribution in [0.5, 0.6) is 5.75 Å². The van der Waals surface area contributed by atoms with Crippen LogP contribution >= 0.6 is 0 Å². The highest BCUT2D eigenvalue weighted by Crippen LogP contribution is 2.24. The van der Waals surface area contributed by atoms with Gasteiger partial charge in [-0.15, -0.1) is 0 Å². The molecule has 0 heterocycles. The summed E-state index contributed by atoms with van der Waals surface area (Å²) in [6, 6.07) is 2.38. The molecule has 0 fully saturated rings. The molecule has 6 heteroatoms. The van der Waals surface area contributed by atoms with E-state index in [4.69, 9.17) is 4.74 Å². The summed E-state index contributed by atoms with van der Waals surface area (Å²) in [7, 11) is 1.68. The number of carbonyl (C=O) groups is 1. The molecule has 118 valence electrons. The largest absolute Gasteiger partial charge is 0.475 e. The number of nitrogens with one attached hydrogen (secondary N) is 2. The summed E-state index contributed by atoms with van der Waals surface area (Å²) >= 11 is 0. The third kappa shape index (κ3) is 5.30. The molecule has 0 aromatic heterocycles. The number of hydrogen-bond acceptors (Lipinski definition) is 3. The van der Waals surface area contributed by atoms with Gasteiger partial charge in [0.15, 0.2) is 23.5 Å². The molecular formula is C15H22F2N2O2. The minimum Gasteiger partial charge on any atom is -0.475 e. The smallest absolute Gasteiger partial charge is 0.260 e. The van der Waals surface area contributed by atoms with Crippen molar-refractivity contribution < 1.29 is 18.3 Å². The SMILES string of the molecule is CCCCNC(=O)C(C)Oc1c(F)cc(CNC)cc1F. The maximum atomic E-state index is 13.8. The van der Waals surface area contributed by atoms with Crippen LogP contribution in [0.2, 0.25) is 0 Å². The molecule has 1 rings (SSSR count). The number of halogens is 2. The monoisotopic (exact) mass is 300 g/mol. The lowest BCUT2D eigenvalue weighted by Crippen LogP contribution is -2.37. The van der Waals surface area contributed by atoms with Gasteiger partial charge in [-0.2, -0.15) is 0 Å². The van der Waals surface area contributed by atoms with Gasteiger partial charge in [0, 0.05) is 13.1 Å². The van der Waals surface area contributed by atoms with E-state index in [0.29, 0.717) is 18.7 Å². The fourth-order valence-corrected chi connectivity index (χ4v) is 1.79. The lowest BCUT2D eigenvalue weighted by atomic mass is 10.2. The van der Waals surface area contributed by atoms with Gasteiger partial charge in [0.05, 0.1) is 0 Å². The van der Waals surface area contributed by atoms with E-state index in [2.05, 4.69) is 10.6 Å². The number of carbonyl (C=O) groups excluding carboxylic acids is 1. The standard InChI is InChI=1S/C15H22F2N2O2/c1-4-5-6-19-15(20)10(2)21-14-12(16)7-11(9-18-3)8-13(14)17/h7-8,10,18H,4-6,9H2,1-3H3,(H,19,20). The first-order valence-corrected chi connectivity index (χ1v) is 7.06. The van der Waals surface area contributed by atoms with Crippen LogP contribution in [0.3, 0.4) is 0 Å². The van der Waals surface area contributed by atoms with Crippen molar-refractivity contribution in [3.63, 3.8) is 0 Å². The Labute approximate surface area is 123 Å². The highest BCUT2D eigenvalue weighted by molar-refractivity contribution is 5.80. The number of unbranched alkanes of at least 4 members (excludes halogenated alkanes) is 1. The van der Waals surface area contributed by atoms with Gasteiger partial charge < -0.3 is 15.4 Å². The van der Waals surface area contributed by atoms with Gasteiger partial charge in [0.2, 0.25) is 0 Å². The predicted octanol–water partition coefficient (Wildman–Crippen LogP) is 2.37. The van der Waals surface area contributed by atoms with Crippen LogP contribution in [-0.4, -0.2) is 25.6 Å². The quantitative estimate of drug-likeness (QED) is 0.725. The molecule has 0 aliphatic rings. The van der Waals surface area contributed by atoms with E-state index < -0.39 is 23.5 Å². The van der Waals surface area contributed by atoms with Crippen molar-refractivity contribution in [2.75, 3.05) is 13.6 Å². The zero-order valence-electron chi connectivity index (χ0n) is 12.6. The molecular weight excluding hydrogens is 278 g/mol. The topological polar surface area (TPSA) is 50.4 Å². The zero-order chi connectivity index (χ0) is 15.8. The normalized spacial score (nSPS) is 12.0. The molecule has 0 aliphatic carbocycles. The summed E-state index contributed by atoms with van der Waals surface area (Å²) in [6.07, 6.45) is 0.840. The Balaban J connectivity index is 2.71. The first-order chi connectivity index (χ1) is 9.99. The van der Waals surface area contributed by atoms with Crippen LogP contribution in [0.15, 0.2) is 12.1 Å². The Morgan fingerprint density at radius 3 is 2.48 bits per heavy atom. The second-order valence-corrected chi connectivity index (χ2v) is 4.82. The maximum Gasteiger partial charge on any atom is 0.260 e.